The molecule has 2 atom stereocenters. The Balaban J connectivity index is 2.60. The van der Waals surface area contributed by atoms with Crippen LogP contribution in [-0.2, 0) is 9.84 Å². The van der Waals surface area contributed by atoms with Gasteiger partial charge < -0.3 is 0 Å². The van der Waals surface area contributed by atoms with E-state index in [1.165, 1.54) is 6.26 Å². The molecule has 1 rings (SSSR count). The predicted molar refractivity (Wildman–Crippen MR) is 46.7 cm³/mol. The van der Waals surface area contributed by atoms with Crippen LogP contribution in [0.2, 0.25) is 0 Å². The van der Waals surface area contributed by atoms with Gasteiger partial charge >= 0.3 is 0 Å². The molecule has 0 N–H and O–H groups in total. The van der Waals surface area contributed by atoms with E-state index in [0.29, 0.717) is 6.42 Å². The van der Waals surface area contributed by atoms with Crippen LogP contribution in [0.15, 0.2) is 0 Å². The summed E-state index contributed by atoms with van der Waals surface area (Å²) < 4.78 is 22.1. The van der Waals surface area contributed by atoms with E-state index in [4.69, 9.17) is 11.6 Å². The van der Waals surface area contributed by atoms with Gasteiger partial charge in [0.15, 0.2) is 0 Å². The Hall–Kier alpha value is 0.240. The Morgan fingerprint density at radius 2 is 2.00 bits per heavy atom. The number of hydrogen-bond acceptors (Lipinski definition) is 2. The van der Waals surface area contributed by atoms with Crippen LogP contribution in [0.5, 0.6) is 0 Å². The average molecular weight is 197 g/mol. The molecule has 0 amide bonds. The van der Waals surface area contributed by atoms with Crippen LogP contribution >= 0.6 is 11.6 Å². The van der Waals surface area contributed by atoms with Crippen LogP contribution in [0.25, 0.3) is 0 Å². The minimum atomic E-state index is -2.84. The van der Waals surface area contributed by atoms with E-state index in [9.17, 15) is 8.42 Å². The van der Waals surface area contributed by atoms with Gasteiger partial charge in [0.05, 0.1) is 5.25 Å². The first-order valence-electron chi connectivity index (χ1n) is 3.83. The number of hydrogen-bond donors (Lipinski definition) is 0. The van der Waals surface area contributed by atoms with Crippen LogP contribution in [0.1, 0.15) is 25.7 Å². The van der Waals surface area contributed by atoms with Gasteiger partial charge in [0.25, 0.3) is 0 Å². The summed E-state index contributed by atoms with van der Waals surface area (Å²) >= 11 is 5.85. The molecule has 1 aliphatic carbocycles. The molecule has 0 saturated heterocycles. The molecular formula is C7H13ClO2S. The third-order valence-electron chi connectivity index (χ3n) is 2.17. The van der Waals surface area contributed by atoms with E-state index in [1.54, 1.807) is 0 Å². The Bertz CT molecular complexity index is 223. The lowest BCUT2D eigenvalue weighted by atomic mass is 10.00. The fourth-order valence-electron chi connectivity index (χ4n) is 1.48. The molecule has 0 aromatic rings. The van der Waals surface area contributed by atoms with E-state index >= 15 is 0 Å². The summed E-state index contributed by atoms with van der Waals surface area (Å²) in [5.74, 6) is 0. The summed E-state index contributed by atoms with van der Waals surface area (Å²) in [7, 11) is -2.84. The molecule has 0 heterocycles. The van der Waals surface area contributed by atoms with Crippen molar-refractivity contribution in [3.8, 4) is 0 Å². The first-order chi connectivity index (χ1) is 5.00. The topological polar surface area (TPSA) is 34.1 Å². The molecule has 2 nitrogen and oxygen atoms in total. The fourth-order valence-corrected chi connectivity index (χ4v) is 3.13. The highest BCUT2D eigenvalue weighted by Gasteiger charge is 2.27. The monoisotopic (exact) mass is 196 g/mol. The van der Waals surface area contributed by atoms with Gasteiger partial charge in [-0.2, -0.15) is 0 Å². The third kappa shape index (κ3) is 2.64. The predicted octanol–water partition coefficient (Wildman–Crippen LogP) is 1.58. The Labute approximate surface area is 72.9 Å². The maximum absolute atomic E-state index is 11.1. The van der Waals surface area contributed by atoms with Crippen molar-refractivity contribution in [3.63, 3.8) is 0 Å². The fraction of sp³-hybridized carbons (Fsp3) is 1.00. The smallest absolute Gasteiger partial charge is 0.150 e. The molecule has 0 radical (unpaired) electrons. The van der Waals surface area contributed by atoms with Crippen LogP contribution < -0.4 is 0 Å². The van der Waals surface area contributed by atoms with E-state index in [1.807, 2.05) is 0 Å². The summed E-state index contributed by atoms with van der Waals surface area (Å²) in [5, 5.41) is -0.109. The van der Waals surface area contributed by atoms with Crippen molar-refractivity contribution in [3.05, 3.63) is 0 Å². The van der Waals surface area contributed by atoms with Gasteiger partial charge in [0.2, 0.25) is 0 Å². The molecule has 0 bridgehead atoms. The van der Waals surface area contributed by atoms with E-state index in [0.717, 1.165) is 19.3 Å². The van der Waals surface area contributed by atoms with Crippen molar-refractivity contribution >= 4 is 21.4 Å². The summed E-state index contributed by atoms with van der Waals surface area (Å²) in [4.78, 5) is 0. The Morgan fingerprint density at radius 1 is 1.36 bits per heavy atom. The second-order valence-electron chi connectivity index (χ2n) is 3.22. The molecule has 0 aromatic heterocycles. The van der Waals surface area contributed by atoms with Crippen LogP contribution in [-0.4, -0.2) is 25.3 Å². The summed E-state index contributed by atoms with van der Waals surface area (Å²) in [6, 6.07) is 0. The van der Waals surface area contributed by atoms with Gasteiger partial charge in [0, 0.05) is 11.6 Å². The third-order valence-corrected chi connectivity index (χ3v) is 4.20. The highest BCUT2D eigenvalue weighted by molar-refractivity contribution is 7.91. The molecule has 1 aliphatic rings. The van der Waals surface area contributed by atoms with Crippen molar-refractivity contribution in [2.24, 2.45) is 0 Å². The average Bonchev–Trinajstić information content (AvgIpc) is 1.86. The largest absolute Gasteiger partial charge is 0.229 e. The van der Waals surface area contributed by atoms with Crippen LogP contribution in [0, 0.1) is 0 Å². The lowest BCUT2D eigenvalue weighted by Crippen LogP contribution is -2.27. The molecular weight excluding hydrogens is 184 g/mol. The second-order valence-corrected chi connectivity index (χ2v) is 6.16. The van der Waals surface area contributed by atoms with Gasteiger partial charge in [-0.25, -0.2) is 8.42 Å². The summed E-state index contributed by atoms with van der Waals surface area (Å²) in [6.07, 6.45) is 4.65. The maximum Gasteiger partial charge on any atom is 0.150 e. The van der Waals surface area contributed by atoms with Gasteiger partial charge in [-0.1, -0.05) is 6.42 Å². The lowest BCUT2D eigenvalue weighted by molar-refractivity contribution is 0.491. The minimum Gasteiger partial charge on any atom is -0.229 e. The summed E-state index contributed by atoms with van der Waals surface area (Å²) in [6.45, 7) is 0. The first kappa shape index (κ1) is 9.33. The Morgan fingerprint density at radius 3 is 2.36 bits per heavy atom. The number of sulfone groups is 1. The molecule has 0 spiro atoms. The molecule has 0 unspecified atom stereocenters. The molecule has 0 aromatic carbocycles. The maximum atomic E-state index is 11.1. The molecule has 11 heavy (non-hydrogen) atoms. The number of alkyl halides is 1. The van der Waals surface area contributed by atoms with E-state index < -0.39 is 9.84 Å². The van der Waals surface area contributed by atoms with Crippen molar-refractivity contribution in [2.45, 2.75) is 36.3 Å². The molecule has 66 valence electrons. The standard InChI is InChI=1S/C7H13ClO2S/c1-11(9,10)7-4-2-3-6(8)5-7/h6-7H,2-5H2,1H3/t6-,7+/m0/s1. The normalized spacial score (nSPS) is 33.6. The quantitative estimate of drug-likeness (QED) is 0.597. The first-order valence-corrected chi connectivity index (χ1v) is 6.22. The highest BCUT2D eigenvalue weighted by Crippen LogP contribution is 2.26. The van der Waals surface area contributed by atoms with E-state index in [-0.39, 0.29) is 10.6 Å². The van der Waals surface area contributed by atoms with Gasteiger partial charge in [-0.3, -0.25) is 0 Å². The summed E-state index contributed by atoms with van der Waals surface area (Å²) in [5.41, 5.74) is 0. The Kier molecular flexibility index (Phi) is 2.81. The van der Waals surface area contributed by atoms with Crippen molar-refractivity contribution in [2.75, 3.05) is 6.26 Å². The SMILES string of the molecule is CS(=O)(=O)[C@@H]1CCC[C@H](Cl)C1. The molecule has 0 aliphatic heterocycles. The number of rotatable bonds is 1. The van der Waals surface area contributed by atoms with Crippen LogP contribution in [0.3, 0.4) is 0 Å². The van der Waals surface area contributed by atoms with Gasteiger partial charge in [-0.15, -0.1) is 11.6 Å². The van der Waals surface area contributed by atoms with E-state index in [2.05, 4.69) is 0 Å². The zero-order valence-corrected chi connectivity index (χ0v) is 8.16. The zero-order valence-electron chi connectivity index (χ0n) is 6.59. The zero-order chi connectivity index (χ0) is 8.48. The van der Waals surface area contributed by atoms with Crippen LogP contribution in [0.4, 0.5) is 0 Å². The van der Waals surface area contributed by atoms with Crippen molar-refractivity contribution < 1.29 is 8.42 Å². The highest BCUT2D eigenvalue weighted by atomic mass is 35.5. The van der Waals surface area contributed by atoms with Gasteiger partial charge in [0.1, 0.15) is 9.84 Å². The van der Waals surface area contributed by atoms with Gasteiger partial charge in [-0.05, 0) is 19.3 Å². The second kappa shape index (κ2) is 3.31. The molecule has 1 fully saturated rings. The lowest BCUT2D eigenvalue weighted by Gasteiger charge is -2.23. The molecule has 4 heteroatoms. The number of halogens is 1. The van der Waals surface area contributed by atoms with Crippen molar-refractivity contribution in [1.29, 1.82) is 0 Å². The molecule has 1 saturated carbocycles. The van der Waals surface area contributed by atoms with Crippen molar-refractivity contribution in [1.82, 2.24) is 0 Å². The minimum absolute atomic E-state index is 0.0727.